The number of nitrogens with two attached hydrogens (primary N) is 4. The molecule has 4 aliphatic carbocycles. The zero-order valence-electron chi connectivity index (χ0n) is 37.4. The third kappa shape index (κ3) is 21.3. The summed E-state index contributed by atoms with van der Waals surface area (Å²) in [6.07, 6.45) is 27.1. The third-order valence-corrected chi connectivity index (χ3v) is 19.5. The van der Waals surface area contributed by atoms with Gasteiger partial charge in [-0.05, 0) is 98.7 Å². The number of allylic oxidation sites excluding steroid dienone is 4. The predicted octanol–water partition coefficient (Wildman–Crippen LogP) is 8.18. The van der Waals surface area contributed by atoms with Gasteiger partial charge in [-0.3, -0.25) is 0 Å². The van der Waals surface area contributed by atoms with Crippen LogP contribution in [0.5, 0.6) is 0 Å². The smallest absolute Gasteiger partial charge is 0.212 e. The SMILES string of the molecule is C=CC[C@@H](C)C(CC1CCC1)S(N)(=O)=O.C=CC[C@@H](C)C(CC1CCC1)S(N)(=O)=O.C=CC[C@H](C)C(CC1CCC1)S(N)(=O)=O.C=CC[C@H](C)C(CC1CCC1)S(N)(=O)=O. The Bertz CT molecular complexity index is 1480. The molecule has 60 heavy (non-hydrogen) atoms. The fraction of sp³-hybridized carbons (Fsp3) is 0.818. The molecule has 0 aliphatic heterocycles. The molecule has 0 heterocycles. The van der Waals surface area contributed by atoms with Crippen molar-refractivity contribution in [1.29, 1.82) is 0 Å². The van der Waals surface area contributed by atoms with Crippen LogP contribution in [0.25, 0.3) is 0 Å². The van der Waals surface area contributed by atoms with Crippen molar-refractivity contribution in [3.63, 3.8) is 0 Å². The van der Waals surface area contributed by atoms with Crippen molar-refractivity contribution in [1.82, 2.24) is 0 Å². The van der Waals surface area contributed by atoms with E-state index in [1.165, 1.54) is 25.7 Å². The first-order chi connectivity index (χ1) is 27.8. The third-order valence-electron chi connectivity index (χ3n) is 13.5. The highest BCUT2D eigenvalue weighted by Crippen LogP contribution is 2.37. The van der Waals surface area contributed by atoms with E-state index in [2.05, 4.69) is 26.3 Å². The lowest BCUT2D eigenvalue weighted by atomic mass is 9.80. The van der Waals surface area contributed by atoms with Crippen LogP contribution in [0.2, 0.25) is 0 Å². The average molecular weight is 925 g/mol. The van der Waals surface area contributed by atoms with Crippen molar-refractivity contribution < 1.29 is 33.7 Å². The van der Waals surface area contributed by atoms with Gasteiger partial charge in [-0.15, -0.1) is 26.3 Å². The highest BCUT2D eigenvalue weighted by Gasteiger charge is 2.35. The van der Waals surface area contributed by atoms with Gasteiger partial charge in [-0.1, -0.05) is 129 Å². The molecule has 0 amide bonds. The molecule has 12 nitrogen and oxygen atoms in total. The number of hydrogen-bond acceptors (Lipinski definition) is 8. The largest absolute Gasteiger partial charge is 0.228 e. The summed E-state index contributed by atoms with van der Waals surface area (Å²) in [4.78, 5) is 0. The summed E-state index contributed by atoms with van der Waals surface area (Å²) in [5.74, 6) is 2.61. The first kappa shape index (κ1) is 56.6. The Hall–Kier alpha value is -1.40. The molecule has 0 spiro atoms. The summed E-state index contributed by atoms with van der Waals surface area (Å²) in [6.45, 7) is 22.3. The molecule has 8 N–H and O–H groups in total. The van der Waals surface area contributed by atoms with Crippen molar-refractivity contribution in [2.75, 3.05) is 0 Å². The Kier molecular flexibility index (Phi) is 25.5. The second-order valence-electron chi connectivity index (χ2n) is 18.6. The molecule has 4 rings (SSSR count). The van der Waals surface area contributed by atoms with E-state index in [0.717, 1.165) is 77.0 Å². The van der Waals surface area contributed by atoms with Crippen LogP contribution in [0.3, 0.4) is 0 Å². The van der Waals surface area contributed by atoms with Gasteiger partial charge in [0.1, 0.15) is 0 Å². The molecule has 0 bridgehead atoms. The molecule has 0 radical (unpaired) electrons. The molecule has 352 valence electrons. The van der Waals surface area contributed by atoms with Crippen LogP contribution in [-0.4, -0.2) is 54.7 Å². The van der Waals surface area contributed by atoms with Gasteiger partial charge < -0.3 is 0 Å². The van der Waals surface area contributed by atoms with Gasteiger partial charge in [0.15, 0.2) is 0 Å². The summed E-state index contributed by atoms with van der Waals surface area (Å²) >= 11 is 0. The minimum Gasteiger partial charge on any atom is -0.228 e. The van der Waals surface area contributed by atoms with Gasteiger partial charge in [0.2, 0.25) is 40.1 Å². The number of primary sulfonamides is 4. The molecule has 4 unspecified atom stereocenters. The Morgan fingerprint density at radius 2 is 0.533 bits per heavy atom. The zero-order chi connectivity index (χ0) is 45.9. The number of sulfonamides is 4. The molecule has 0 saturated heterocycles. The van der Waals surface area contributed by atoms with Crippen LogP contribution in [0.15, 0.2) is 50.6 Å². The maximum absolute atomic E-state index is 11.5. The van der Waals surface area contributed by atoms with Gasteiger partial charge in [-0.2, -0.15) is 0 Å². The highest BCUT2D eigenvalue weighted by atomic mass is 32.2. The molecule has 4 saturated carbocycles. The minimum atomic E-state index is -3.41. The summed E-state index contributed by atoms with van der Waals surface area (Å²) in [5.41, 5.74) is 0. The molecule has 0 aromatic carbocycles. The monoisotopic (exact) mass is 925 g/mol. The fourth-order valence-corrected chi connectivity index (χ4v) is 13.8. The van der Waals surface area contributed by atoms with Crippen LogP contribution in [-0.2, 0) is 40.1 Å². The average Bonchev–Trinajstić information content (AvgIpc) is 3.01. The van der Waals surface area contributed by atoms with Crippen molar-refractivity contribution in [2.45, 2.75) is 177 Å². The summed E-state index contributed by atoms with van der Waals surface area (Å²) in [5, 5.41) is 19.6. The van der Waals surface area contributed by atoms with Crippen molar-refractivity contribution >= 4 is 40.1 Å². The van der Waals surface area contributed by atoms with E-state index in [-0.39, 0.29) is 44.7 Å². The molecule has 0 aromatic heterocycles. The van der Waals surface area contributed by atoms with Crippen LogP contribution in [0, 0.1) is 47.3 Å². The maximum Gasteiger partial charge on any atom is 0.212 e. The first-order valence-corrected chi connectivity index (χ1v) is 28.7. The molecule has 0 aromatic rings. The van der Waals surface area contributed by atoms with Crippen LogP contribution < -0.4 is 20.6 Å². The topological polar surface area (TPSA) is 241 Å². The standard InChI is InChI=1S/4C11H21NO2S/c4*1-3-5-9(2)11(15(12,13)14)8-10-6-4-7-10/h4*3,9-11H,1,4-8H2,2H3,(H2,12,13,14)/t4*9-,11?/m1100/s1. The van der Waals surface area contributed by atoms with E-state index < -0.39 is 40.1 Å². The van der Waals surface area contributed by atoms with Gasteiger partial charge in [0.25, 0.3) is 0 Å². The van der Waals surface area contributed by atoms with E-state index in [0.29, 0.717) is 49.4 Å². The molecular formula is C44H84N4O8S4. The lowest BCUT2D eigenvalue weighted by molar-refractivity contribution is 0.274. The van der Waals surface area contributed by atoms with Crippen molar-refractivity contribution in [2.24, 2.45) is 67.9 Å². The highest BCUT2D eigenvalue weighted by molar-refractivity contribution is 7.90. The number of rotatable bonds is 24. The van der Waals surface area contributed by atoms with Gasteiger partial charge >= 0.3 is 0 Å². The normalized spacial score (nSPS) is 21.7. The molecule has 4 fully saturated rings. The summed E-state index contributed by atoms with van der Waals surface area (Å²) in [6, 6.07) is 0. The van der Waals surface area contributed by atoms with E-state index >= 15 is 0 Å². The Morgan fingerprint density at radius 3 is 0.617 bits per heavy atom. The van der Waals surface area contributed by atoms with E-state index in [9.17, 15) is 33.7 Å². The predicted molar refractivity (Wildman–Crippen MR) is 251 cm³/mol. The quantitative estimate of drug-likeness (QED) is 0.0687. The fourth-order valence-electron chi connectivity index (χ4n) is 8.65. The second-order valence-corrected chi connectivity index (χ2v) is 25.8. The van der Waals surface area contributed by atoms with Gasteiger partial charge in [0, 0.05) is 0 Å². The summed E-state index contributed by atoms with van der Waals surface area (Å²) < 4.78 is 91.7. The first-order valence-electron chi connectivity index (χ1n) is 22.3. The van der Waals surface area contributed by atoms with Crippen LogP contribution in [0.4, 0.5) is 0 Å². The molecule has 4 aliphatic rings. The Morgan fingerprint density at radius 1 is 0.383 bits per heavy atom. The van der Waals surface area contributed by atoms with Crippen molar-refractivity contribution in [3.8, 4) is 0 Å². The minimum absolute atomic E-state index is 0.0816. The Balaban J connectivity index is 0.000000400. The van der Waals surface area contributed by atoms with E-state index in [1.54, 1.807) is 24.3 Å². The number of hydrogen-bond donors (Lipinski definition) is 4. The zero-order valence-corrected chi connectivity index (χ0v) is 40.7. The van der Waals surface area contributed by atoms with Gasteiger partial charge in [0.05, 0.1) is 21.0 Å². The molecular weight excluding hydrogens is 841 g/mol. The van der Waals surface area contributed by atoms with Crippen LogP contribution >= 0.6 is 0 Å². The summed E-state index contributed by atoms with van der Waals surface area (Å²) in [7, 11) is -13.6. The maximum atomic E-state index is 11.5. The van der Waals surface area contributed by atoms with Crippen molar-refractivity contribution in [3.05, 3.63) is 50.6 Å². The Labute approximate surface area is 367 Å². The lowest BCUT2D eigenvalue weighted by Gasteiger charge is -2.31. The van der Waals surface area contributed by atoms with E-state index in [4.69, 9.17) is 20.6 Å². The molecule has 16 heteroatoms. The van der Waals surface area contributed by atoms with Crippen LogP contribution in [0.1, 0.15) is 156 Å². The second kappa shape index (κ2) is 27.0. The molecule has 8 atom stereocenters. The van der Waals surface area contributed by atoms with Gasteiger partial charge in [-0.25, -0.2) is 54.2 Å². The van der Waals surface area contributed by atoms with E-state index in [1.807, 2.05) is 27.7 Å². The lowest BCUT2D eigenvalue weighted by Crippen LogP contribution is -2.36.